The molecule has 0 aromatic carbocycles. The van der Waals surface area contributed by atoms with Gasteiger partial charge in [-0.05, 0) is 23.2 Å². The second kappa shape index (κ2) is 3.40. The molecule has 1 saturated carbocycles. The minimum Gasteiger partial charge on any atom is -0.0654 e. The van der Waals surface area contributed by atoms with Gasteiger partial charge in [-0.25, -0.2) is 0 Å². The molecule has 3 unspecified atom stereocenters. The van der Waals surface area contributed by atoms with E-state index >= 15 is 0 Å². The minimum atomic E-state index is 0.656. The Morgan fingerprint density at radius 2 is 1.83 bits per heavy atom. The van der Waals surface area contributed by atoms with Crippen LogP contribution < -0.4 is 0 Å². The van der Waals surface area contributed by atoms with Crippen molar-refractivity contribution in [2.45, 2.75) is 53.9 Å². The predicted octanol–water partition coefficient (Wildman–Crippen LogP) is 4.10. The van der Waals surface area contributed by atoms with Crippen molar-refractivity contribution in [1.82, 2.24) is 0 Å². The van der Waals surface area contributed by atoms with Gasteiger partial charge in [-0.2, -0.15) is 0 Å². The van der Waals surface area contributed by atoms with E-state index in [0.717, 1.165) is 17.8 Å². The fraction of sp³-hybridized carbons (Fsp3) is 1.00. The fourth-order valence-electron chi connectivity index (χ4n) is 3.33. The lowest BCUT2D eigenvalue weighted by atomic mass is 9.95. The Kier molecular flexibility index (Phi) is 2.85. The van der Waals surface area contributed by atoms with Crippen LogP contribution >= 0.6 is 0 Å². The molecule has 0 spiro atoms. The molecule has 0 aromatic heterocycles. The van der Waals surface area contributed by atoms with Gasteiger partial charge in [-0.1, -0.05) is 53.9 Å². The molecule has 0 aliphatic heterocycles. The highest BCUT2D eigenvalue weighted by Crippen LogP contribution is 2.63. The van der Waals surface area contributed by atoms with Gasteiger partial charge in [0.15, 0.2) is 0 Å². The molecule has 1 fully saturated rings. The molecule has 0 nitrogen and oxygen atoms in total. The highest BCUT2D eigenvalue weighted by Gasteiger charge is 2.57. The number of rotatable bonds is 4. The first-order valence-corrected chi connectivity index (χ1v) is 5.55. The van der Waals surface area contributed by atoms with Crippen LogP contribution in [0.3, 0.4) is 0 Å². The van der Waals surface area contributed by atoms with Crippen molar-refractivity contribution in [1.29, 1.82) is 0 Å². The van der Waals surface area contributed by atoms with E-state index in [9.17, 15) is 0 Å². The van der Waals surface area contributed by atoms with E-state index in [-0.39, 0.29) is 0 Å². The Morgan fingerprint density at radius 1 is 1.25 bits per heavy atom. The van der Waals surface area contributed by atoms with E-state index in [1.54, 1.807) is 0 Å². The number of hydrogen-bond acceptors (Lipinski definition) is 0. The van der Waals surface area contributed by atoms with Crippen molar-refractivity contribution < 1.29 is 0 Å². The zero-order valence-electron chi connectivity index (χ0n) is 9.35. The fourth-order valence-corrected chi connectivity index (χ4v) is 3.33. The molecule has 0 saturated heterocycles. The molecular weight excluding hydrogens is 144 g/mol. The van der Waals surface area contributed by atoms with E-state index < -0.39 is 0 Å². The lowest BCUT2D eigenvalue weighted by Gasteiger charge is -2.10. The van der Waals surface area contributed by atoms with Gasteiger partial charge in [0.1, 0.15) is 0 Å². The summed E-state index contributed by atoms with van der Waals surface area (Å²) in [4.78, 5) is 0. The van der Waals surface area contributed by atoms with Crippen LogP contribution in [0.4, 0.5) is 0 Å². The summed E-state index contributed by atoms with van der Waals surface area (Å²) in [6, 6.07) is 0. The molecule has 0 radical (unpaired) electrons. The molecular formula is C12H24. The standard InChI is InChI=1S/C12H24/c1-6-8-9(3)11-10(7-2)12(11,4)5/h9-11H,6-8H2,1-5H3. The van der Waals surface area contributed by atoms with Crippen LogP contribution in [0.15, 0.2) is 0 Å². The van der Waals surface area contributed by atoms with Crippen LogP contribution in [0, 0.1) is 23.2 Å². The largest absolute Gasteiger partial charge is 0.0654 e. The van der Waals surface area contributed by atoms with Crippen molar-refractivity contribution in [2.75, 3.05) is 0 Å². The van der Waals surface area contributed by atoms with Crippen molar-refractivity contribution in [3.63, 3.8) is 0 Å². The van der Waals surface area contributed by atoms with E-state index in [1.165, 1.54) is 19.3 Å². The van der Waals surface area contributed by atoms with Crippen LogP contribution in [0.5, 0.6) is 0 Å². The molecule has 12 heavy (non-hydrogen) atoms. The number of hydrogen-bond donors (Lipinski definition) is 0. The molecule has 3 atom stereocenters. The zero-order valence-corrected chi connectivity index (χ0v) is 9.35. The summed E-state index contributed by atoms with van der Waals surface area (Å²) in [6.45, 7) is 12.0. The third-order valence-corrected chi connectivity index (χ3v) is 3.94. The summed E-state index contributed by atoms with van der Waals surface area (Å²) in [5.74, 6) is 2.98. The second-order valence-electron chi connectivity index (χ2n) is 5.13. The zero-order chi connectivity index (χ0) is 9.35. The van der Waals surface area contributed by atoms with E-state index in [4.69, 9.17) is 0 Å². The predicted molar refractivity (Wildman–Crippen MR) is 55.1 cm³/mol. The summed E-state index contributed by atoms with van der Waals surface area (Å²) in [5, 5.41) is 0. The molecule has 0 amide bonds. The molecule has 1 aliphatic rings. The quantitative estimate of drug-likeness (QED) is 0.592. The Balaban J connectivity index is 2.45. The van der Waals surface area contributed by atoms with Gasteiger partial charge in [-0.3, -0.25) is 0 Å². The summed E-state index contributed by atoms with van der Waals surface area (Å²) in [5.41, 5.74) is 0.656. The third kappa shape index (κ3) is 1.53. The highest BCUT2D eigenvalue weighted by molar-refractivity contribution is 5.05. The first-order chi connectivity index (χ1) is 5.55. The van der Waals surface area contributed by atoms with Gasteiger partial charge < -0.3 is 0 Å². The second-order valence-corrected chi connectivity index (χ2v) is 5.13. The third-order valence-electron chi connectivity index (χ3n) is 3.94. The van der Waals surface area contributed by atoms with Crippen LogP contribution in [-0.2, 0) is 0 Å². The van der Waals surface area contributed by atoms with E-state index in [1.807, 2.05) is 0 Å². The molecule has 0 heteroatoms. The van der Waals surface area contributed by atoms with Crippen LogP contribution in [0.25, 0.3) is 0 Å². The average Bonchev–Trinajstić information content (AvgIpc) is 2.53. The average molecular weight is 168 g/mol. The van der Waals surface area contributed by atoms with Gasteiger partial charge in [0.2, 0.25) is 0 Å². The van der Waals surface area contributed by atoms with E-state index in [0.29, 0.717) is 5.41 Å². The Hall–Kier alpha value is 0. The maximum atomic E-state index is 2.44. The van der Waals surface area contributed by atoms with Crippen LogP contribution in [0.2, 0.25) is 0 Å². The topological polar surface area (TPSA) is 0 Å². The van der Waals surface area contributed by atoms with Gasteiger partial charge in [-0.15, -0.1) is 0 Å². The van der Waals surface area contributed by atoms with Crippen molar-refractivity contribution in [2.24, 2.45) is 23.2 Å². The SMILES string of the molecule is CCCC(C)C1C(CC)C1(C)C. The molecule has 0 N–H and O–H groups in total. The Morgan fingerprint density at radius 3 is 2.17 bits per heavy atom. The lowest BCUT2D eigenvalue weighted by molar-refractivity contribution is 0.394. The smallest absolute Gasteiger partial charge is 0.0289 e. The normalized spacial score (nSPS) is 34.8. The molecule has 1 rings (SSSR count). The summed E-state index contributed by atoms with van der Waals surface area (Å²) < 4.78 is 0. The van der Waals surface area contributed by atoms with Crippen LogP contribution in [-0.4, -0.2) is 0 Å². The summed E-state index contributed by atoms with van der Waals surface area (Å²) >= 11 is 0. The molecule has 0 bridgehead atoms. The van der Waals surface area contributed by atoms with Crippen LogP contribution in [0.1, 0.15) is 53.9 Å². The van der Waals surface area contributed by atoms with Gasteiger partial charge in [0.25, 0.3) is 0 Å². The van der Waals surface area contributed by atoms with Gasteiger partial charge >= 0.3 is 0 Å². The highest BCUT2D eigenvalue weighted by atomic mass is 14.6. The molecule has 0 heterocycles. The monoisotopic (exact) mass is 168 g/mol. The van der Waals surface area contributed by atoms with Crippen molar-refractivity contribution in [3.8, 4) is 0 Å². The maximum Gasteiger partial charge on any atom is -0.0289 e. The first kappa shape index (κ1) is 10.1. The van der Waals surface area contributed by atoms with Crippen molar-refractivity contribution in [3.05, 3.63) is 0 Å². The lowest BCUT2D eigenvalue weighted by Crippen LogP contribution is -2.02. The van der Waals surface area contributed by atoms with Gasteiger partial charge in [0.05, 0.1) is 0 Å². The first-order valence-electron chi connectivity index (χ1n) is 5.55. The van der Waals surface area contributed by atoms with Crippen molar-refractivity contribution >= 4 is 0 Å². The minimum absolute atomic E-state index is 0.656. The molecule has 72 valence electrons. The van der Waals surface area contributed by atoms with Gasteiger partial charge in [0, 0.05) is 0 Å². The summed E-state index contributed by atoms with van der Waals surface area (Å²) in [6.07, 6.45) is 4.15. The Labute approximate surface area is 77.7 Å². The maximum absolute atomic E-state index is 2.44. The molecule has 1 aliphatic carbocycles. The Bertz CT molecular complexity index is 146. The molecule has 0 aromatic rings. The van der Waals surface area contributed by atoms with E-state index in [2.05, 4.69) is 34.6 Å². The summed E-state index contributed by atoms with van der Waals surface area (Å²) in [7, 11) is 0.